The fraction of sp³-hybridized carbons (Fsp3) is 0.231. The summed E-state index contributed by atoms with van der Waals surface area (Å²) in [5, 5.41) is 0. The van der Waals surface area contributed by atoms with E-state index in [0.717, 1.165) is 12.3 Å². The van der Waals surface area contributed by atoms with Crippen molar-refractivity contribution in [1.29, 1.82) is 0 Å². The van der Waals surface area contributed by atoms with Gasteiger partial charge in [-0.3, -0.25) is 0 Å². The molecule has 2 aromatic rings. The molecule has 0 amide bonds. The Morgan fingerprint density at radius 1 is 1.33 bits per heavy atom. The number of hydrogen-bond acceptors (Lipinski definition) is 4. The summed E-state index contributed by atoms with van der Waals surface area (Å²) < 4.78 is 12.1. The largest absolute Gasteiger partial charge is 0.492 e. The maximum Gasteiger partial charge on any atom is 0.337 e. The van der Waals surface area contributed by atoms with E-state index in [1.54, 1.807) is 36.8 Å². The summed E-state index contributed by atoms with van der Waals surface area (Å²) in [6, 6.07) is 6.86. The molecular formula is C13H14N2O3. The molecule has 18 heavy (non-hydrogen) atoms. The highest BCUT2D eigenvalue weighted by molar-refractivity contribution is 5.89. The zero-order valence-electron chi connectivity index (χ0n) is 10.1. The molecule has 1 aromatic carbocycles. The van der Waals surface area contributed by atoms with Crippen molar-refractivity contribution in [3.05, 3.63) is 48.5 Å². The lowest BCUT2D eigenvalue weighted by Gasteiger charge is -2.07. The van der Waals surface area contributed by atoms with Gasteiger partial charge in [0.25, 0.3) is 0 Å². The monoisotopic (exact) mass is 246 g/mol. The number of carbonyl (C=O) groups excluding carboxylic acids is 1. The standard InChI is InChI=1S/C13H14N2O3/c1-17-13(16)11-2-4-12(5-3-11)18-9-8-15-7-6-14-10-15/h2-7,10H,8-9H2,1H3. The van der Waals surface area contributed by atoms with Crippen LogP contribution in [0.25, 0.3) is 0 Å². The van der Waals surface area contributed by atoms with Crippen LogP contribution in [-0.2, 0) is 11.3 Å². The smallest absolute Gasteiger partial charge is 0.337 e. The third-order valence-electron chi connectivity index (χ3n) is 2.45. The normalized spacial score (nSPS) is 10.1. The molecule has 94 valence electrons. The molecule has 0 bridgehead atoms. The van der Waals surface area contributed by atoms with Crippen molar-refractivity contribution < 1.29 is 14.3 Å². The SMILES string of the molecule is COC(=O)c1ccc(OCCn2ccnc2)cc1. The molecule has 5 heteroatoms. The summed E-state index contributed by atoms with van der Waals surface area (Å²) in [5.74, 6) is 0.378. The van der Waals surface area contributed by atoms with E-state index in [4.69, 9.17) is 4.74 Å². The molecule has 0 spiro atoms. The Bertz CT molecular complexity index is 491. The molecule has 1 aromatic heterocycles. The van der Waals surface area contributed by atoms with Gasteiger partial charge in [0, 0.05) is 12.4 Å². The van der Waals surface area contributed by atoms with Gasteiger partial charge in [0.2, 0.25) is 0 Å². The quantitative estimate of drug-likeness (QED) is 0.754. The van der Waals surface area contributed by atoms with Crippen LogP contribution >= 0.6 is 0 Å². The Kier molecular flexibility index (Phi) is 3.96. The van der Waals surface area contributed by atoms with Gasteiger partial charge >= 0.3 is 5.97 Å². The van der Waals surface area contributed by atoms with E-state index < -0.39 is 0 Å². The highest BCUT2D eigenvalue weighted by atomic mass is 16.5. The highest BCUT2D eigenvalue weighted by Crippen LogP contribution is 2.12. The summed E-state index contributed by atoms with van der Waals surface area (Å²) in [6.45, 7) is 1.28. The maximum absolute atomic E-state index is 11.2. The van der Waals surface area contributed by atoms with Gasteiger partial charge in [-0.05, 0) is 24.3 Å². The van der Waals surface area contributed by atoms with E-state index in [1.807, 2.05) is 10.8 Å². The van der Waals surface area contributed by atoms with Gasteiger partial charge in [-0.25, -0.2) is 9.78 Å². The van der Waals surface area contributed by atoms with E-state index in [2.05, 4.69) is 9.72 Å². The predicted octanol–water partition coefficient (Wildman–Crippen LogP) is 1.75. The summed E-state index contributed by atoms with van der Waals surface area (Å²) >= 11 is 0. The van der Waals surface area contributed by atoms with Crippen LogP contribution in [-0.4, -0.2) is 29.2 Å². The Morgan fingerprint density at radius 2 is 2.11 bits per heavy atom. The average molecular weight is 246 g/mol. The minimum atomic E-state index is -0.347. The lowest BCUT2D eigenvalue weighted by atomic mass is 10.2. The van der Waals surface area contributed by atoms with Crippen molar-refractivity contribution in [3.63, 3.8) is 0 Å². The first-order valence-electron chi connectivity index (χ1n) is 5.56. The Labute approximate surface area is 105 Å². The first kappa shape index (κ1) is 12.2. The second-order valence-electron chi connectivity index (χ2n) is 3.66. The lowest BCUT2D eigenvalue weighted by Crippen LogP contribution is -2.06. The second-order valence-corrected chi connectivity index (χ2v) is 3.66. The first-order chi connectivity index (χ1) is 8.79. The van der Waals surface area contributed by atoms with Crippen LogP contribution in [0.15, 0.2) is 43.0 Å². The van der Waals surface area contributed by atoms with Crippen molar-refractivity contribution in [2.45, 2.75) is 6.54 Å². The van der Waals surface area contributed by atoms with Crippen LogP contribution in [0, 0.1) is 0 Å². The second kappa shape index (κ2) is 5.86. The number of benzene rings is 1. The van der Waals surface area contributed by atoms with Crippen LogP contribution in [0.4, 0.5) is 0 Å². The number of rotatable bonds is 5. The third-order valence-corrected chi connectivity index (χ3v) is 2.45. The van der Waals surface area contributed by atoms with Crippen molar-refractivity contribution in [2.24, 2.45) is 0 Å². The van der Waals surface area contributed by atoms with Crippen LogP contribution in [0.3, 0.4) is 0 Å². The van der Waals surface area contributed by atoms with Crippen LogP contribution in [0.2, 0.25) is 0 Å². The van der Waals surface area contributed by atoms with E-state index in [1.165, 1.54) is 7.11 Å². The highest BCUT2D eigenvalue weighted by Gasteiger charge is 2.04. The van der Waals surface area contributed by atoms with Gasteiger partial charge < -0.3 is 14.0 Å². The van der Waals surface area contributed by atoms with Crippen molar-refractivity contribution >= 4 is 5.97 Å². The van der Waals surface area contributed by atoms with Gasteiger partial charge in [-0.1, -0.05) is 0 Å². The number of imidazole rings is 1. The van der Waals surface area contributed by atoms with Crippen molar-refractivity contribution in [1.82, 2.24) is 9.55 Å². The third kappa shape index (κ3) is 3.10. The molecule has 0 saturated carbocycles. The van der Waals surface area contributed by atoms with Gasteiger partial charge in [-0.15, -0.1) is 0 Å². The molecule has 0 aliphatic rings. The molecular weight excluding hydrogens is 232 g/mol. The maximum atomic E-state index is 11.2. The molecule has 0 fully saturated rings. The van der Waals surface area contributed by atoms with E-state index in [0.29, 0.717) is 12.2 Å². The number of carbonyl (C=O) groups is 1. The van der Waals surface area contributed by atoms with Crippen LogP contribution in [0.5, 0.6) is 5.75 Å². The fourth-order valence-electron chi connectivity index (χ4n) is 1.49. The van der Waals surface area contributed by atoms with Gasteiger partial charge in [-0.2, -0.15) is 0 Å². The Morgan fingerprint density at radius 3 is 2.72 bits per heavy atom. The zero-order chi connectivity index (χ0) is 12.8. The van der Waals surface area contributed by atoms with Gasteiger partial charge in [0.1, 0.15) is 12.4 Å². The predicted molar refractivity (Wildman–Crippen MR) is 65.5 cm³/mol. The number of ether oxygens (including phenoxy) is 2. The molecule has 0 atom stereocenters. The molecule has 0 saturated heterocycles. The molecule has 0 N–H and O–H groups in total. The Balaban J connectivity index is 1.85. The summed E-state index contributed by atoms with van der Waals surface area (Å²) in [6.07, 6.45) is 5.35. The first-order valence-corrected chi connectivity index (χ1v) is 5.56. The topological polar surface area (TPSA) is 53.4 Å². The van der Waals surface area contributed by atoms with Gasteiger partial charge in [0.05, 0.1) is 25.5 Å². The van der Waals surface area contributed by atoms with E-state index >= 15 is 0 Å². The van der Waals surface area contributed by atoms with E-state index in [9.17, 15) is 4.79 Å². The van der Waals surface area contributed by atoms with Crippen LogP contribution < -0.4 is 4.74 Å². The minimum Gasteiger partial charge on any atom is -0.492 e. The Hall–Kier alpha value is -2.30. The molecule has 5 nitrogen and oxygen atoms in total. The summed E-state index contributed by atoms with van der Waals surface area (Å²) in [7, 11) is 1.36. The summed E-state index contributed by atoms with van der Waals surface area (Å²) in [5.41, 5.74) is 0.513. The lowest BCUT2D eigenvalue weighted by molar-refractivity contribution is 0.0600. The number of hydrogen-bond donors (Lipinski definition) is 0. The number of aromatic nitrogens is 2. The zero-order valence-corrected chi connectivity index (χ0v) is 10.1. The van der Waals surface area contributed by atoms with E-state index in [-0.39, 0.29) is 5.97 Å². The molecule has 1 heterocycles. The van der Waals surface area contributed by atoms with Crippen molar-refractivity contribution in [2.75, 3.05) is 13.7 Å². The molecule has 0 aliphatic carbocycles. The summed E-state index contributed by atoms with van der Waals surface area (Å²) in [4.78, 5) is 15.2. The van der Waals surface area contributed by atoms with Gasteiger partial charge in [0.15, 0.2) is 0 Å². The molecule has 0 aliphatic heterocycles. The number of nitrogens with zero attached hydrogens (tertiary/aromatic N) is 2. The fourth-order valence-corrected chi connectivity index (χ4v) is 1.49. The average Bonchev–Trinajstić information content (AvgIpc) is 2.92. The molecule has 0 radical (unpaired) electrons. The van der Waals surface area contributed by atoms with Crippen molar-refractivity contribution in [3.8, 4) is 5.75 Å². The molecule has 0 unspecified atom stereocenters. The van der Waals surface area contributed by atoms with Crippen LogP contribution in [0.1, 0.15) is 10.4 Å². The molecule has 2 rings (SSSR count). The minimum absolute atomic E-state index is 0.347. The number of esters is 1. The number of methoxy groups -OCH3 is 1.